The lowest BCUT2D eigenvalue weighted by Gasteiger charge is -2.17. The minimum absolute atomic E-state index is 0.137. The molecule has 1 aromatic carbocycles. The lowest BCUT2D eigenvalue weighted by Crippen LogP contribution is -2.31. The van der Waals surface area contributed by atoms with Crippen molar-refractivity contribution < 1.29 is 46.1 Å². The SMILES string of the molecule is COC(=O)C1=C(Nc2cc(C(F)(F)F)ccc2OCC(F)F)C(=O)N(CCO)C1. The van der Waals surface area contributed by atoms with Crippen LogP contribution in [0.25, 0.3) is 0 Å². The monoisotopic (exact) mass is 424 g/mol. The van der Waals surface area contributed by atoms with Crippen molar-refractivity contribution in [3.63, 3.8) is 0 Å². The number of hydrogen-bond acceptors (Lipinski definition) is 6. The molecule has 1 aliphatic rings. The van der Waals surface area contributed by atoms with Crippen LogP contribution in [-0.4, -0.2) is 61.7 Å². The Bertz CT molecular complexity index is 810. The Hall–Kier alpha value is -2.89. The maximum absolute atomic E-state index is 13.0. The van der Waals surface area contributed by atoms with Crippen LogP contribution < -0.4 is 10.1 Å². The molecule has 0 fully saturated rings. The number of aliphatic hydroxyl groups is 1. The van der Waals surface area contributed by atoms with E-state index in [1.807, 2.05) is 0 Å². The number of halogens is 5. The lowest BCUT2D eigenvalue weighted by atomic mass is 10.1. The first-order valence-corrected chi connectivity index (χ1v) is 8.19. The molecule has 0 aromatic heterocycles. The number of anilines is 1. The molecule has 7 nitrogen and oxygen atoms in total. The second-order valence-corrected chi connectivity index (χ2v) is 5.83. The van der Waals surface area contributed by atoms with Gasteiger partial charge in [-0.25, -0.2) is 13.6 Å². The van der Waals surface area contributed by atoms with Crippen molar-refractivity contribution in [2.45, 2.75) is 12.6 Å². The fourth-order valence-electron chi connectivity index (χ4n) is 2.57. The van der Waals surface area contributed by atoms with Crippen molar-refractivity contribution in [3.05, 3.63) is 35.0 Å². The Labute approximate surface area is 161 Å². The number of amides is 1. The van der Waals surface area contributed by atoms with E-state index in [9.17, 15) is 31.5 Å². The van der Waals surface area contributed by atoms with Gasteiger partial charge in [0.05, 0.1) is 37.1 Å². The summed E-state index contributed by atoms with van der Waals surface area (Å²) >= 11 is 0. The highest BCUT2D eigenvalue weighted by molar-refractivity contribution is 6.08. The predicted molar refractivity (Wildman–Crippen MR) is 89.3 cm³/mol. The van der Waals surface area contributed by atoms with Gasteiger partial charge in [-0.3, -0.25) is 4.79 Å². The van der Waals surface area contributed by atoms with Gasteiger partial charge in [0.1, 0.15) is 18.1 Å². The van der Waals surface area contributed by atoms with Crippen molar-refractivity contribution in [2.75, 3.05) is 38.7 Å². The number of nitrogens with zero attached hydrogens (tertiary/aromatic N) is 1. The minimum atomic E-state index is -4.75. The number of methoxy groups -OCH3 is 1. The smallest absolute Gasteiger partial charge is 0.416 e. The Morgan fingerprint density at radius 2 is 2.03 bits per heavy atom. The number of β-amino-alcohol motifs (C(OH)–C–C–N with tert-alkyl or cyclic N) is 1. The predicted octanol–water partition coefficient (Wildman–Crippen LogP) is 2.02. The molecule has 1 aliphatic heterocycles. The molecule has 2 rings (SSSR count). The number of carbonyl (C=O) groups excluding carboxylic acids is 2. The minimum Gasteiger partial charge on any atom is -0.485 e. The van der Waals surface area contributed by atoms with Crippen LogP contribution >= 0.6 is 0 Å². The molecule has 160 valence electrons. The molecule has 1 aromatic rings. The summed E-state index contributed by atoms with van der Waals surface area (Å²) in [5, 5.41) is 11.4. The van der Waals surface area contributed by atoms with Crippen LogP contribution in [0, 0.1) is 0 Å². The van der Waals surface area contributed by atoms with E-state index in [4.69, 9.17) is 9.84 Å². The fourth-order valence-corrected chi connectivity index (χ4v) is 2.57. The molecule has 0 unspecified atom stereocenters. The average molecular weight is 424 g/mol. The van der Waals surface area contributed by atoms with Crippen molar-refractivity contribution in [1.82, 2.24) is 4.90 Å². The molecular formula is C17H17F5N2O5. The Balaban J connectivity index is 2.47. The van der Waals surface area contributed by atoms with Gasteiger partial charge >= 0.3 is 12.1 Å². The summed E-state index contributed by atoms with van der Waals surface area (Å²) in [4.78, 5) is 25.5. The van der Waals surface area contributed by atoms with E-state index in [1.54, 1.807) is 0 Å². The van der Waals surface area contributed by atoms with Crippen molar-refractivity contribution in [1.29, 1.82) is 0 Å². The first-order chi connectivity index (χ1) is 13.6. The topological polar surface area (TPSA) is 88.1 Å². The quantitative estimate of drug-likeness (QED) is 0.491. The Morgan fingerprint density at radius 3 is 2.59 bits per heavy atom. The number of aliphatic hydroxyl groups excluding tert-OH is 1. The van der Waals surface area contributed by atoms with Crippen molar-refractivity contribution in [2.24, 2.45) is 0 Å². The third kappa shape index (κ3) is 5.34. The van der Waals surface area contributed by atoms with Gasteiger partial charge in [0.15, 0.2) is 0 Å². The number of hydrogen-bond donors (Lipinski definition) is 2. The van der Waals surface area contributed by atoms with Gasteiger partial charge in [-0.05, 0) is 18.2 Å². The van der Waals surface area contributed by atoms with E-state index in [0.717, 1.165) is 18.1 Å². The van der Waals surface area contributed by atoms with Gasteiger partial charge in [-0.2, -0.15) is 13.2 Å². The molecule has 1 amide bonds. The standard InChI is InChI=1S/C17H17F5N2O5/c1-28-16(27)10-7-24(4-5-25)15(26)14(10)23-11-6-9(17(20,21)22)2-3-12(11)29-8-13(18)19/h2-3,6,13,23,25H,4-5,7-8H2,1H3. The van der Waals surface area contributed by atoms with Gasteiger partial charge in [0.2, 0.25) is 0 Å². The van der Waals surface area contributed by atoms with Gasteiger partial charge in [-0.1, -0.05) is 0 Å². The Morgan fingerprint density at radius 1 is 1.34 bits per heavy atom. The molecule has 0 atom stereocenters. The average Bonchev–Trinajstić information content (AvgIpc) is 2.95. The van der Waals surface area contributed by atoms with Gasteiger partial charge in [0.25, 0.3) is 12.3 Å². The van der Waals surface area contributed by atoms with Crippen LogP contribution in [0.2, 0.25) is 0 Å². The molecule has 0 radical (unpaired) electrons. The largest absolute Gasteiger partial charge is 0.485 e. The molecular weight excluding hydrogens is 407 g/mol. The summed E-state index contributed by atoms with van der Waals surface area (Å²) in [6, 6.07) is 2.04. The number of benzene rings is 1. The molecule has 1 heterocycles. The van der Waals surface area contributed by atoms with E-state index in [2.05, 4.69) is 10.1 Å². The van der Waals surface area contributed by atoms with Crippen LogP contribution in [0.1, 0.15) is 5.56 Å². The zero-order valence-corrected chi connectivity index (χ0v) is 15.1. The highest BCUT2D eigenvalue weighted by Crippen LogP contribution is 2.36. The van der Waals surface area contributed by atoms with Crippen molar-refractivity contribution in [3.8, 4) is 5.75 Å². The van der Waals surface area contributed by atoms with E-state index < -0.39 is 54.6 Å². The van der Waals surface area contributed by atoms with E-state index in [0.29, 0.717) is 12.1 Å². The second-order valence-electron chi connectivity index (χ2n) is 5.83. The molecule has 29 heavy (non-hydrogen) atoms. The summed E-state index contributed by atoms with van der Waals surface area (Å²) in [7, 11) is 1.05. The third-order valence-electron chi connectivity index (χ3n) is 3.88. The second kappa shape index (κ2) is 9.07. The Kier molecular flexibility index (Phi) is 7.01. The zero-order valence-electron chi connectivity index (χ0n) is 15.1. The van der Waals surface area contributed by atoms with Crippen LogP contribution in [-0.2, 0) is 20.5 Å². The molecule has 0 saturated heterocycles. The summed E-state index contributed by atoms with van der Waals surface area (Å²) in [5.41, 5.74) is -2.15. The van der Waals surface area contributed by atoms with Gasteiger partial charge in [-0.15, -0.1) is 0 Å². The molecule has 0 saturated carbocycles. The molecule has 2 N–H and O–H groups in total. The normalized spacial score (nSPS) is 14.6. The zero-order chi connectivity index (χ0) is 21.8. The van der Waals surface area contributed by atoms with Gasteiger partial charge < -0.3 is 24.8 Å². The maximum Gasteiger partial charge on any atom is 0.416 e. The first kappa shape index (κ1) is 22.4. The van der Waals surface area contributed by atoms with E-state index in [1.165, 1.54) is 0 Å². The summed E-state index contributed by atoms with van der Waals surface area (Å²) < 4.78 is 73.5. The number of esters is 1. The maximum atomic E-state index is 13.0. The van der Waals surface area contributed by atoms with Gasteiger partial charge in [0, 0.05) is 6.54 Å². The molecule has 0 bridgehead atoms. The van der Waals surface area contributed by atoms with Crippen LogP contribution in [0.4, 0.5) is 27.6 Å². The van der Waals surface area contributed by atoms with E-state index in [-0.39, 0.29) is 24.4 Å². The van der Waals surface area contributed by atoms with Crippen LogP contribution in [0.3, 0.4) is 0 Å². The number of carbonyl (C=O) groups is 2. The first-order valence-electron chi connectivity index (χ1n) is 8.19. The third-order valence-corrected chi connectivity index (χ3v) is 3.88. The number of rotatable bonds is 8. The summed E-state index contributed by atoms with van der Waals surface area (Å²) in [6.45, 7) is -1.89. The van der Waals surface area contributed by atoms with Crippen LogP contribution in [0.15, 0.2) is 29.5 Å². The highest BCUT2D eigenvalue weighted by atomic mass is 19.4. The number of nitrogens with one attached hydrogen (secondary N) is 1. The number of ether oxygens (including phenoxy) is 2. The molecule has 0 spiro atoms. The van der Waals surface area contributed by atoms with E-state index >= 15 is 0 Å². The number of alkyl halides is 5. The summed E-state index contributed by atoms with van der Waals surface area (Å²) in [6.07, 6.45) is -7.64. The lowest BCUT2D eigenvalue weighted by molar-refractivity contribution is -0.138. The highest BCUT2D eigenvalue weighted by Gasteiger charge is 2.36. The fraction of sp³-hybridized carbons (Fsp3) is 0.412. The van der Waals surface area contributed by atoms with Crippen LogP contribution in [0.5, 0.6) is 5.75 Å². The van der Waals surface area contributed by atoms with Crippen molar-refractivity contribution >= 4 is 17.6 Å². The summed E-state index contributed by atoms with van der Waals surface area (Å²) in [5.74, 6) is -2.07. The molecule has 12 heteroatoms. The molecule has 0 aliphatic carbocycles.